The first-order valence-corrected chi connectivity index (χ1v) is 8.36. The maximum Gasteiger partial charge on any atom is 0.228 e. The van der Waals surface area contributed by atoms with Gasteiger partial charge in [0.25, 0.3) is 0 Å². The Kier molecular flexibility index (Phi) is 6.40. The van der Waals surface area contributed by atoms with Crippen LogP contribution in [0.25, 0.3) is 0 Å². The number of carbonyl (C=O) groups excluding carboxylic acids is 1. The third kappa shape index (κ3) is 5.11. The van der Waals surface area contributed by atoms with Crippen molar-refractivity contribution < 1.29 is 4.79 Å². The second-order valence-electron chi connectivity index (χ2n) is 6.63. The lowest BCUT2D eigenvalue weighted by Crippen LogP contribution is -2.48. The summed E-state index contributed by atoms with van der Waals surface area (Å²) in [6.45, 7) is 11.1. The smallest absolute Gasteiger partial charge is 0.228 e. The molecule has 0 aliphatic carbocycles. The molecule has 1 atom stereocenters. The normalized spacial score (nSPS) is 17.5. The number of hydrogen-bond donors (Lipinski definition) is 2. The average molecular weight is 303 g/mol. The van der Waals surface area contributed by atoms with Crippen molar-refractivity contribution in [1.29, 1.82) is 0 Å². The first-order chi connectivity index (χ1) is 10.6. The Bertz CT molecular complexity index is 464. The van der Waals surface area contributed by atoms with Crippen LogP contribution in [-0.2, 0) is 11.2 Å². The van der Waals surface area contributed by atoms with Crippen molar-refractivity contribution in [2.24, 2.45) is 5.92 Å². The quantitative estimate of drug-likeness (QED) is 0.844. The van der Waals surface area contributed by atoms with Gasteiger partial charge in [-0.3, -0.25) is 9.69 Å². The minimum Gasteiger partial charge on any atom is -0.343 e. The Morgan fingerprint density at radius 3 is 2.41 bits per heavy atom. The summed E-state index contributed by atoms with van der Waals surface area (Å²) in [5.74, 6) is 0.664. The van der Waals surface area contributed by atoms with Crippen LogP contribution in [-0.4, -0.2) is 43.7 Å². The minimum atomic E-state index is -0.101. The maximum absolute atomic E-state index is 12.3. The molecular weight excluding hydrogens is 274 g/mol. The minimum absolute atomic E-state index is 0.101. The van der Waals surface area contributed by atoms with Gasteiger partial charge in [-0.2, -0.15) is 0 Å². The number of nitrogens with zero attached hydrogens (tertiary/aromatic N) is 1. The SMILES string of the molecule is CC(C)Cc1ccc(C(C)C(=O)NCN2CCNCC2)cc1. The Morgan fingerprint density at radius 1 is 1.18 bits per heavy atom. The predicted molar refractivity (Wildman–Crippen MR) is 90.9 cm³/mol. The molecule has 1 unspecified atom stereocenters. The van der Waals surface area contributed by atoms with E-state index >= 15 is 0 Å². The van der Waals surface area contributed by atoms with Crippen molar-refractivity contribution in [2.45, 2.75) is 33.1 Å². The Balaban J connectivity index is 1.84. The molecule has 4 heteroatoms. The molecule has 1 aromatic carbocycles. The molecule has 2 N–H and O–H groups in total. The molecule has 0 aromatic heterocycles. The molecular formula is C18H29N3O. The first-order valence-electron chi connectivity index (χ1n) is 8.36. The Morgan fingerprint density at radius 2 is 1.82 bits per heavy atom. The Labute approximate surface area is 134 Å². The standard InChI is InChI=1S/C18H29N3O/c1-14(2)12-16-4-6-17(7-5-16)15(3)18(22)20-13-21-10-8-19-9-11-21/h4-7,14-15,19H,8-13H2,1-3H3,(H,20,22). The van der Waals surface area contributed by atoms with E-state index in [4.69, 9.17) is 0 Å². The van der Waals surface area contributed by atoms with Gasteiger partial charge in [-0.15, -0.1) is 0 Å². The summed E-state index contributed by atoms with van der Waals surface area (Å²) >= 11 is 0. The van der Waals surface area contributed by atoms with Crippen LogP contribution in [0.1, 0.15) is 37.8 Å². The number of piperazine rings is 1. The van der Waals surface area contributed by atoms with Gasteiger partial charge in [-0.25, -0.2) is 0 Å². The van der Waals surface area contributed by atoms with Crippen LogP contribution in [0, 0.1) is 5.92 Å². The summed E-state index contributed by atoms with van der Waals surface area (Å²) in [5, 5.41) is 6.37. The molecule has 1 aromatic rings. The van der Waals surface area contributed by atoms with Crippen LogP contribution in [0.2, 0.25) is 0 Å². The molecule has 0 bridgehead atoms. The third-order valence-electron chi connectivity index (χ3n) is 4.20. The zero-order valence-electron chi connectivity index (χ0n) is 14.1. The number of hydrogen-bond acceptors (Lipinski definition) is 3. The van der Waals surface area contributed by atoms with E-state index in [1.54, 1.807) is 0 Å². The topological polar surface area (TPSA) is 44.4 Å². The molecule has 1 heterocycles. The highest BCUT2D eigenvalue weighted by Crippen LogP contribution is 2.17. The number of rotatable bonds is 6. The third-order valence-corrected chi connectivity index (χ3v) is 4.20. The molecule has 1 amide bonds. The first kappa shape index (κ1) is 17.0. The monoisotopic (exact) mass is 303 g/mol. The molecule has 1 fully saturated rings. The zero-order chi connectivity index (χ0) is 15.9. The van der Waals surface area contributed by atoms with E-state index in [9.17, 15) is 4.79 Å². The van der Waals surface area contributed by atoms with Crippen LogP contribution in [0.5, 0.6) is 0 Å². The summed E-state index contributed by atoms with van der Waals surface area (Å²) in [6.07, 6.45) is 1.09. The van der Waals surface area contributed by atoms with Gasteiger partial charge < -0.3 is 10.6 Å². The summed E-state index contributed by atoms with van der Waals surface area (Å²) in [7, 11) is 0. The number of amides is 1. The largest absolute Gasteiger partial charge is 0.343 e. The predicted octanol–water partition coefficient (Wildman–Crippen LogP) is 1.97. The van der Waals surface area contributed by atoms with Gasteiger partial charge in [0.1, 0.15) is 0 Å². The Hall–Kier alpha value is -1.39. The molecule has 0 radical (unpaired) electrons. The molecule has 122 valence electrons. The van der Waals surface area contributed by atoms with Gasteiger partial charge in [-0.05, 0) is 30.4 Å². The van der Waals surface area contributed by atoms with E-state index < -0.39 is 0 Å². The van der Waals surface area contributed by atoms with Crippen molar-refractivity contribution in [3.05, 3.63) is 35.4 Å². The van der Waals surface area contributed by atoms with Crippen LogP contribution >= 0.6 is 0 Å². The lowest BCUT2D eigenvalue weighted by molar-refractivity contribution is -0.122. The molecule has 1 saturated heterocycles. The summed E-state index contributed by atoms with van der Waals surface area (Å²) in [4.78, 5) is 14.6. The highest BCUT2D eigenvalue weighted by atomic mass is 16.2. The van der Waals surface area contributed by atoms with Crippen molar-refractivity contribution in [3.63, 3.8) is 0 Å². The second kappa shape index (κ2) is 8.30. The van der Waals surface area contributed by atoms with E-state index in [0.29, 0.717) is 12.6 Å². The van der Waals surface area contributed by atoms with E-state index in [0.717, 1.165) is 38.2 Å². The van der Waals surface area contributed by atoms with Gasteiger partial charge in [0.05, 0.1) is 12.6 Å². The molecule has 1 aliphatic rings. The fourth-order valence-electron chi connectivity index (χ4n) is 2.78. The van der Waals surface area contributed by atoms with E-state index in [1.807, 2.05) is 6.92 Å². The highest BCUT2D eigenvalue weighted by Gasteiger charge is 2.16. The molecule has 4 nitrogen and oxygen atoms in total. The lowest BCUT2D eigenvalue weighted by atomic mass is 9.96. The molecule has 22 heavy (non-hydrogen) atoms. The van der Waals surface area contributed by atoms with E-state index in [-0.39, 0.29) is 11.8 Å². The fraction of sp³-hybridized carbons (Fsp3) is 0.611. The van der Waals surface area contributed by atoms with Crippen LogP contribution < -0.4 is 10.6 Å². The summed E-state index contributed by atoms with van der Waals surface area (Å²) < 4.78 is 0. The number of benzene rings is 1. The van der Waals surface area contributed by atoms with E-state index in [2.05, 4.69) is 53.6 Å². The molecule has 2 rings (SSSR count). The summed E-state index contributed by atoms with van der Waals surface area (Å²) in [5.41, 5.74) is 2.43. The maximum atomic E-state index is 12.3. The van der Waals surface area contributed by atoms with Crippen molar-refractivity contribution in [3.8, 4) is 0 Å². The number of carbonyl (C=O) groups is 1. The van der Waals surface area contributed by atoms with E-state index in [1.165, 1.54) is 5.56 Å². The average Bonchev–Trinajstić information content (AvgIpc) is 2.53. The molecule has 0 saturated carbocycles. The van der Waals surface area contributed by atoms with Crippen molar-refractivity contribution in [2.75, 3.05) is 32.8 Å². The summed E-state index contributed by atoms with van der Waals surface area (Å²) in [6, 6.07) is 8.48. The van der Waals surface area contributed by atoms with Crippen molar-refractivity contribution in [1.82, 2.24) is 15.5 Å². The van der Waals surface area contributed by atoms with Gasteiger partial charge in [-0.1, -0.05) is 38.1 Å². The molecule has 0 spiro atoms. The molecule has 1 aliphatic heterocycles. The zero-order valence-corrected chi connectivity index (χ0v) is 14.1. The number of nitrogens with one attached hydrogen (secondary N) is 2. The van der Waals surface area contributed by atoms with Crippen molar-refractivity contribution >= 4 is 5.91 Å². The lowest BCUT2D eigenvalue weighted by Gasteiger charge is -2.27. The fourth-order valence-corrected chi connectivity index (χ4v) is 2.78. The van der Waals surface area contributed by atoms with Crippen LogP contribution in [0.3, 0.4) is 0 Å². The second-order valence-corrected chi connectivity index (χ2v) is 6.63. The van der Waals surface area contributed by atoms with Gasteiger partial charge in [0.15, 0.2) is 0 Å². The van der Waals surface area contributed by atoms with Gasteiger partial charge >= 0.3 is 0 Å². The van der Waals surface area contributed by atoms with Gasteiger partial charge in [0.2, 0.25) is 5.91 Å². The van der Waals surface area contributed by atoms with Crippen LogP contribution in [0.4, 0.5) is 0 Å². The van der Waals surface area contributed by atoms with Gasteiger partial charge in [0, 0.05) is 26.2 Å². The van der Waals surface area contributed by atoms with Crippen LogP contribution in [0.15, 0.2) is 24.3 Å². The highest BCUT2D eigenvalue weighted by molar-refractivity contribution is 5.83.